The van der Waals surface area contributed by atoms with Crippen LogP contribution in [0.4, 0.5) is 0 Å². The number of nitrogens with two attached hydrogens (primary N) is 1. The molecule has 0 heterocycles. The van der Waals surface area contributed by atoms with Crippen molar-refractivity contribution in [1.29, 1.82) is 0 Å². The Bertz CT molecular complexity index is 134. The summed E-state index contributed by atoms with van der Waals surface area (Å²) >= 11 is 0. The Morgan fingerprint density at radius 2 is 2.00 bits per heavy atom. The first kappa shape index (κ1) is 11.4. The smallest absolute Gasteiger partial charge is 0.234 e. The second kappa shape index (κ2) is 6.00. The minimum Gasteiger partial charge on any atom is -0.368 e. The van der Waals surface area contributed by atoms with Crippen molar-refractivity contribution in [1.82, 2.24) is 4.90 Å². The van der Waals surface area contributed by atoms with E-state index >= 15 is 0 Å². The number of carbonyl (C=O) groups excluding carboxylic acids is 1. The average Bonchev–Trinajstić information content (AvgIpc) is 1.96. The van der Waals surface area contributed by atoms with Gasteiger partial charge >= 0.3 is 0 Å². The van der Waals surface area contributed by atoms with Gasteiger partial charge in [-0.25, -0.2) is 0 Å². The molecule has 1 atom stereocenters. The monoisotopic (exact) mass is 172 g/mol. The summed E-state index contributed by atoms with van der Waals surface area (Å²) in [7, 11) is 3.78. The molecule has 3 heteroatoms. The Morgan fingerprint density at radius 3 is 2.33 bits per heavy atom. The van der Waals surface area contributed by atoms with Gasteiger partial charge in [0.15, 0.2) is 0 Å². The Kier molecular flexibility index (Phi) is 5.72. The van der Waals surface area contributed by atoms with Crippen LogP contribution < -0.4 is 5.73 Å². The predicted octanol–water partition coefficient (Wildman–Crippen LogP) is 0.982. The van der Waals surface area contributed by atoms with Crippen molar-refractivity contribution in [2.24, 2.45) is 5.73 Å². The molecule has 72 valence electrons. The van der Waals surface area contributed by atoms with E-state index in [1.165, 1.54) is 12.8 Å². The first-order chi connectivity index (χ1) is 5.59. The van der Waals surface area contributed by atoms with Crippen LogP contribution in [-0.2, 0) is 4.79 Å². The maximum Gasteiger partial charge on any atom is 0.234 e. The lowest BCUT2D eigenvalue weighted by molar-refractivity contribution is -0.122. The lowest BCUT2D eigenvalue weighted by Crippen LogP contribution is -2.40. The third-order valence-corrected chi connectivity index (χ3v) is 2.03. The summed E-state index contributed by atoms with van der Waals surface area (Å²) in [6.45, 7) is 2.15. The maximum atomic E-state index is 10.9. The second-order valence-corrected chi connectivity index (χ2v) is 3.38. The van der Waals surface area contributed by atoms with Gasteiger partial charge in [0.25, 0.3) is 0 Å². The first-order valence-electron chi connectivity index (χ1n) is 4.55. The number of hydrogen-bond acceptors (Lipinski definition) is 2. The molecule has 0 rings (SSSR count). The molecule has 0 aliphatic heterocycles. The van der Waals surface area contributed by atoms with Crippen LogP contribution >= 0.6 is 0 Å². The van der Waals surface area contributed by atoms with E-state index in [2.05, 4.69) is 6.92 Å². The van der Waals surface area contributed by atoms with Crippen LogP contribution in [0.1, 0.15) is 32.6 Å². The van der Waals surface area contributed by atoms with Crippen molar-refractivity contribution < 1.29 is 4.79 Å². The Labute approximate surface area is 74.9 Å². The van der Waals surface area contributed by atoms with Gasteiger partial charge in [0.05, 0.1) is 6.04 Å². The molecule has 0 bridgehead atoms. The summed E-state index contributed by atoms with van der Waals surface area (Å²) in [5.41, 5.74) is 5.24. The lowest BCUT2D eigenvalue weighted by Gasteiger charge is -2.20. The van der Waals surface area contributed by atoms with Crippen LogP contribution in [0.15, 0.2) is 0 Å². The number of likely N-dealkylation sites (N-methyl/N-ethyl adjacent to an activating group) is 1. The normalized spacial score (nSPS) is 13.3. The van der Waals surface area contributed by atoms with Crippen LogP contribution in [0, 0.1) is 0 Å². The highest BCUT2D eigenvalue weighted by molar-refractivity contribution is 5.79. The molecule has 1 amide bonds. The van der Waals surface area contributed by atoms with E-state index in [1.54, 1.807) is 0 Å². The zero-order valence-corrected chi connectivity index (χ0v) is 8.34. The molecule has 0 saturated heterocycles. The van der Waals surface area contributed by atoms with Crippen LogP contribution in [0.2, 0.25) is 0 Å². The van der Waals surface area contributed by atoms with E-state index in [0.29, 0.717) is 0 Å². The maximum absolute atomic E-state index is 10.9. The van der Waals surface area contributed by atoms with Crippen LogP contribution in [0.5, 0.6) is 0 Å². The van der Waals surface area contributed by atoms with Crippen LogP contribution in [-0.4, -0.2) is 30.9 Å². The summed E-state index contributed by atoms with van der Waals surface area (Å²) in [6.07, 6.45) is 4.33. The van der Waals surface area contributed by atoms with Crippen molar-refractivity contribution >= 4 is 5.91 Å². The highest BCUT2D eigenvalue weighted by Gasteiger charge is 2.16. The standard InChI is InChI=1S/C9H20N2O/c1-4-5-6-7-8(9(10)12)11(2)3/h8H,4-7H2,1-3H3,(H2,10,12). The van der Waals surface area contributed by atoms with Gasteiger partial charge in [-0.15, -0.1) is 0 Å². The fraction of sp³-hybridized carbons (Fsp3) is 0.889. The van der Waals surface area contributed by atoms with Gasteiger partial charge in [0.1, 0.15) is 0 Å². The lowest BCUT2D eigenvalue weighted by atomic mass is 10.1. The minimum atomic E-state index is -0.212. The summed E-state index contributed by atoms with van der Waals surface area (Å²) in [5, 5.41) is 0. The molecule has 0 aliphatic carbocycles. The van der Waals surface area contributed by atoms with Gasteiger partial charge in [0.2, 0.25) is 5.91 Å². The van der Waals surface area contributed by atoms with E-state index in [1.807, 2.05) is 19.0 Å². The SMILES string of the molecule is CCCCCC(C(N)=O)N(C)C. The molecule has 12 heavy (non-hydrogen) atoms. The van der Waals surface area contributed by atoms with E-state index in [9.17, 15) is 4.79 Å². The second-order valence-electron chi connectivity index (χ2n) is 3.38. The van der Waals surface area contributed by atoms with Gasteiger partial charge in [-0.2, -0.15) is 0 Å². The van der Waals surface area contributed by atoms with Gasteiger partial charge < -0.3 is 5.73 Å². The van der Waals surface area contributed by atoms with Gasteiger partial charge in [-0.1, -0.05) is 26.2 Å². The van der Waals surface area contributed by atoms with Crippen molar-refractivity contribution in [2.45, 2.75) is 38.6 Å². The minimum absolute atomic E-state index is 0.0865. The van der Waals surface area contributed by atoms with E-state index in [0.717, 1.165) is 12.8 Å². The zero-order chi connectivity index (χ0) is 9.56. The molecule has 2 N–H and O–H groups in total. The summed E-state index contributed by atoms with van der Waals surface area (Å²) < 4.78 is 0. The third kappa shape index (κ3) is 4.34. The van der Waals surface area contributed by atoms with Crippen LogP contribution in [0.25, 0.3) is 0 Å². The average molecular weight is 172 g/mol. The van der Waals surface area contributed by atoms with Crippen molar-refractivity contribution in [3.05, 3.63) is 0 Å². The Hall–Kier alpha value is -0.570. The topological polar surface area (TPSA) is 46.3 Å². The van der Waals surface area contributed by atoms with E-state index in [-0.39, 0.29) is 11.9 Å². The largest absolute Gasteiger partial charge is 0.368 e. The molecule has 0 radical (unpaired) electrons. The Balaban J connectivity index is 3.72. The number of rotatable bonds is 6. The molecule has 0 fully saturated rings. The van der Waals surface area contributed by atoms with Gasteiger partial charge in [0, 0.05) is 0 Å². The predicted molar refractivity (Wildman–Crippen MR) is 50.8 cm³/mol. The quantitative estimate of drug-likeness (QED) is 0.607. The van der Waals surface area contributed by atoms with Crippen molar-refractivity contribution in [3.8, 4) is 0 Å². The van der Waals surface area contributed by atoms with Crippen molar-refractivity contribution in [2.75, 3.05) is 14.1 Å². The molecule has 0 saturated carbocycles. The van der Waals surface area contributed by atoms with Crippen LogP contribution in [0.3, 0.4) is 0 Å². The number of carbonyl (C=O) groups is 1. The number of primary amides is 1. The number of nitrogens with zero attached hydrogens (tertiary/aromatic N) is 1. The molecule has 0 spiro atoms. The molecule has 0 aromatic carbocycles. The highest BCUT2D eigenvalue weighted by Crippen LogP contribution is 2.06. The molecule has 3 nitrogen and oxygen atoms in total. The number of unbranched alkanes of at least 4 members (excludes halogenated alkanes) is 2. The molecule has 0 aromatic heterocycles. The van der Waals surface area contributed by atoms with Gasteiger partial charge in [-0.3, -0.25) is 9.69 Å². The Morgan fingerprint density at radius 1 is 1.42 bits per heavy atom. The molecular formula is C9H20N2O. The fourth-order valence-corrected chi connectivity index (χ4v) is 1.24. The van der Waals surface area contributed by atoms with E-state index in [4.69, 9.17) is 5.73 Å². The molecule has 1 unspecified atom stereocenters. The molecular weight excluding hydrogens is 152 g/mol. The number of hydrogen-bond donors (Lipinski definition) is 1. The van der Waals surface area contributed by atoms with E-state index < -0.39 is 0 Å². The zero-order valence-electron chi connectivity index (χ0n) is 8.34. The van der Waals surface area contributed by atoms with Crippen molar-refractivity contribution in [3.63, 3.8) is 0 Å². The summed E-state index contributed by atoms with van der Waals surface area (Å²) in [6, 6.07) is -0.0865. The summed E-state index contributed by atoms with van der Waals surface area (Å²) in [4.78, 5) is 12.8. The fourth-order valence-electron chi connectivity index (χ4n) is 1.24. The highest BCUT2D eigenvalue weighted by atomic mass is 16.1. The molecule has 0 aliphatic rings. The van der Waals surface area contributed by atoms with Gasteiger partial charge in [-0.05, 0) is 20.5 Å². The molecule has 0 aromatic rings. The number of amides is 1. The third-order valence-electron chi connectivity index (χ3n) is 2.03. The first-order valence-corrected chi connectivity index (χ1v) is 4.55. The summed E-state index contributed by atoms with van der Waals surface area (Å²) in [5.74, 6) is -0.212.